The molecular formula is C27H27NO4S. The van der Waals surface area contributed by atoms with Gasteiger partial charge in [0.05, 0.1) is 27.8 Å². The lowest BCUT2D eigenvalue weighted by Crippen LogP contribution is -2.29. The van der Waals surface area contributed by atoms with Crippen LogP contribution < -0.4 is 4.90 Å². The highest BCUT2D eigenvalue weighted by atomic mass is 32.2. The van der Waals surface area contributed by atoms with Crippen LogP contribution in [0.1, 0.15) is 56.8 Å². The minimum absolute atomic E-state index is 0.0450. The van der Waals surface area contributed by atoms with Crippen molar-refractivity contribution in [1.29, 1.82) is 0 Å². The van der Waals surface area contributed by atoms with E-state index in [1.165, 1.54) is 4.90 Å². The molecule has 1 aliphatic rings. The van der Waals surface area contributed by atoms with Crippen LogP contribution in [-0.2, 0) is 28.4 Å². The third kappa shape index (κ3) is 4.76. The topological polar surface area (TPSA) is 71.5 Å². The molecule has 5 nitrogen and oxygen atoms in total. The number of rotatable bonds is 7. The molecule has 1 heterocycles. The maximum absolute atomic E-state index is 13.0. The molecule has 1 aliphatic heterocycles. The van der Waals surface area contributed by atoms with Gasteiger partial charge in [-0.1, -0.05) is 48.0 Å². The first-order chi connectivity index (χ1) is 15.7. The SMILES string of the molecule is Cc1ccc(N2C(=O)c3ccc(CCc4ccc(CS(=O)(=O)C(C)C)cc4)cc3C2=O)cc1. The van der Waals surface area contributed by atoms with Crippen molar-refractivity contribution in [3.63, 3.8) is 0 Å². The average Bonchev–Trinajstić information content (AvgIpc) is 3.03. The number of carbonyl (C=O) groups is 2. The molecule has 0 saturated carbocycles. The summed E-state index contributed by atoms with van der Waals surface area (Å²) in [6.07, 6.45) is 1.46. The van der Waals surface area contributed by atoms with Crippen LogP contribution in [0.25, 0.3) is 0 Å². The van der Waals surface area contributed by atoms with E-state index < -0.39 is 15.1 Å². The van der Waals surface area contributed by atoms with Crippen LogP contribution in [0.2, 0.25) is 0 Å². The number of imide groups is 1. The van der Waals surface area contributed by atoms with E-state index in [1.54, 1.807) is 32.0 Å². The molecule has 33 heavy (non-hydrogen) atoms. The Labute approximate surface area is 195 Å². The van der Waals surface area contributed by atoms with Crippen LogP contribution in [0.4, 0.5) is 5.69 Å². The molecular weight excluding hydrogens is 434 g/mol. The van der Waals surface area contributed by atoms with Gasteiger partial charge in [-0.05, 0) is 74.6 Å². The van der Waals surface area contributed by atoms with Gasteiger partial charge in [-0.25, -0.2) is 13.3 Å². The third-order valence-corrected chi connectivity index (χ3v) is 8.23. The number of hydrogen-bond acceptors (Lipinski definition) is 4. The standard InChI is InChI=1S/C27H27NO4S/c1-18(2)33(31,32)17-22-10-7-20(8-11-22)6-9-21-12-15-24-25(16-21)27(30)28(26(24)29)23-13-4-19(3)5-14-23/h4-5,7-8,10-16,18H,6,9,17H2,1-3H3. The van der Waals surface area contributed by atoms with Gasteiger partial charge < -0.3 is 0 Å². The smallest absolute Gasteiger partial charge is 0.266 e. The molecule has 3 aromatic rings. The van der Waals surface area contributed by atoms with Crippen molar-refractivity contribution in [2.24, 2.45) is 0 Å². The van der Waals surface area contributed by atoms with E-state index >= 15 is 0 Å². The molecule has 3 aromatic carbocycles. The lowest BCUT2D eigenvalue weighted by molar-refractivity contribution is 0.0926. The van der Waals surface area contributed by atoms with Gasteiger partial charge in [-0.3, -0.25) is 9.59 Å². The summed E-state index contributed by atoms with van der Waals surface area (Å²) in [4.78, 5) is 27.0. The molecule has 2 amide bonds. The van der Waals surface area contributed by atoms with Crippen molar-refractivity contribution in [3.8, 4) is 0 Å². The summed E-state index contributed by atoms with van der Waals surface area (Å²) in [6.45, 7) is 5.34. The summed E-state index contributed by atoms with van der Waals surface area (Å²) >= 11 is 0. The van der Waals surface area contributed by atoms with Gasteiger partial charge in [0.15, 0.2) is 9.84 Å². The Morgan fingerprint density at radius 1 is 0.727 bits per heavy atom. The fourth-order valence-electron chi connectivity index (χ4n) is 3.86. The van der Waals surface area contributed by atoms with Gasteiger partial charge >= 0.3 is 0 Å². The second kappa shape index (κ2) is 8.94. The van der Waals surface area contributed by atoms with Crippen molar-refractivity contribution in [3.05, 3.63) is 100 Å². The van der Waals surface area contributed by atoms with Crippen LogP contribution in [0, 0.1) is 6.92 Å². The van der Waals surface area contributed by atoms with Crippen LogP contribution >= 0.6 is 0 Å². The Bertz CT molecular complexity index is 1310. The number of carbonyl (C=O) groups excluding carboxylic acids is 2. The summed E-state index contributed by atoms with van der Waals surface area (Å²) in [7, 11) is -3.13. The van der Waals surface area contributed by atoms with Gasteiger partial charge in [-0.15, -0.1) is 0 Å². The van der Waals surface area contributed by atoms with Crippen LogP contribution in [-0.4, -0.2) is 25.5 Å². The van der Waals surface area contributed by atoms with Crippen LogP contribution in [0.3, 0.4) is 0 Å². The summed E-state index contributed by atoms with van der Waals surface area (Å²) in [6, 6.07) is 20.4. The summed E-state index contributed by atoms with van der Waals surface area (Å²) < 4.78 is 24.2. The highest BCUT2D eigenvalue weighted by Crippen LogP contribution is 2.29. The molecule has 0 radical (unpaired) electrons. The van der Waals surface area contributed by atoms with Gasteiger partial charge in [0.25, 0.3) is 11.8 Å². The third-order valence-electron chi connectivity index (χ3n) is 6.05. The monoisotopic (exact) mass is 461 g/mol. The molecule has 4 rings (SSSR count). The summed E-state index contributed by atoms with van der Waals surface area (Å²) in [5, 5.41) is -0.395. The maximum Gasteiger partial charge on any atom is 0.266 e. The molecule has 0 aromatic heterocycles. The van der Waals surface area contributed by atoms with E-state index in [2.05, 4.69) is 0 Å². The van der Waals surface area contributed by atoms with Gasteiger partial charge in [0.1, 0.15) is 0 Å². The van der Waals surface area contributed by atoms with E-state index in [0.29, 0.717) is 23.2 Å². The number of hydrogen-bond donors (Lipinski definition) is 0. The molecule has 6 heteroatoms. The number of amides is 2. The normalized spacial score (nSPS) is 13.6. The second-order valence-corrected chi connectivity index (χ2v) is 11.4. The van der Waals surface area contributed by atoms with Gasteiger partial charge in [0.2, 0.25) is 0 Å². The Kier molecular flexibility index (Phi) is 6.21. The minimum Gasteiger partial charge on any atom is -0.268 e. The predicted molar refractivity (Wildman–Crippen MR) is 130 cm³/mol. The number of aryl methyl sites for hydroxylation is 3. The second-order valence-electron chi connectivity index (χ2n) is 8.83. The van der Waals surface area contributed by atoms with E-state index in [0.717, 1.165) is 28.7 Å². The molecule has 170 valence electrons. The molecule has 0 aliphatic carbocycles. The summed E-state index contributed by atoms with van der Waals surface area (Å²) in [5.74, 6) is -0.544. The van der Waals surface area contributed by atoms with E-state index in [-0.39, 0.29) is 17.6 Å². The van der Waals surface area contributed by atoms with Crippen molar-refractivity contribution >= 4 is 27.3 Å². The Hall–Kier alpha value is -3.25. The fraction of sp³-hybridized carbons (Fsp3) is 0.259. The first kappa shape index (κ1) is 22.9. The van der Waals surface area contributed by atoms with Gasteiger partial charge in [0, 0.05) is 0 Å². The molecule has 0 spiro atoms. The highest BCUT2D eigenvalue weighted by Gasteiger charge is 2.36. The number of anilines is 1. The lowest BCUT2D eigenvalue weighted by Gasteiger charge is -2.13. The minimum atomic E-state index is -3.13. The average molecular weight is 462 g/mol. The first-order valence-electron chi connectivity index (χ1n) is 11.0. The Balaban J connectivity index is 1.45. The van der Waals surface area contributed by atoms with Gasteiger partial charge in [-0.2, -0.15) is 0 Å². The van der Waals surface area contributed by atoms with E-state index in [4.69, 9.17) is 0 Å². The van der Waals surface area contributed by atoms with Crippen molar-refractivity contribution in [2.45, 2.75) is 44.6 Å². The van der Waals surface area contributed by atoms with Crippen molar-refractivity contribution in [2.75, 3.05) is 4.90 Å². The van der Waals surface area contributed by atoms with E-state index in [1.807, 2.05) is 55.5 Å². The zero-order valence-electron chi connectivity index (χ0n) is 19.0. The molecule has 0 saturated heterocycles. The lowest BCUT2D eigenvalue weighted by atomic mass is 10.00. The number of sulfone groups is 1. The first-order valence-corrected chi connectivity index (χ1v) is 12.7. The number of nitrogens with zero attached hydrogens (tertiary/aromatic N) is 1. The summed E-state index contributed by atoms with van der Waals surface area (Å²) in [5.41, 5.74) is 5.36. The fourth-order valence-corrected chi connectivity index (χ4v) is 4.85. The molecule has 0 fully saturated rings. The largest absolute Gasteiger partial charge is 0.268 e. The van der Waals surface area contributed by atoms with Crippen molar-refractivity contribution < 1.29 is 18.0 Å². The zero-order valence-corrected chi connectivity index (χ0v) is 19.9. The highest BCUT2D eigenvalue weighted by molar-refractivity contribution is 7.91. The number of benzene rings is 3. The molecule has 0 unspecified atom stereocenters. The van der Waals surface area contributed by atoms with Crippen molar-refractivity contribution in [1.82, 2.24) is 0 Å². The molecule has 0 N–H and O–H groups in total. The zero-order chi connectivity index (χ0) is 23.8. The number of fused-ring (bicyclic) bond motifs is 1. The van der Waals surface area contributed by atoms with Crippen LogP contribution in [0.15, 0.2) is 66.7 Å². The molecule has 0 bridgehead atoms. The predicted octanol–water partition coefficient (Wildman–Crippen LogP) is 4.90. The molecule has 0 atom stereocenters. The Morgan fingerprint density at radius 3 is 1.91 bits per heavy atom. The van der Waals surface area contributed by atoms with E-state index in [9.17, 15) is 18.0 Å². The van der Waals surface area contributed by atoms with Crippen LogP contribution in [0.5, 0.6) is 0 Å². The Morgan fingerprint density at radius 2 is 1.27 bits per heavy atom. The maximum atomic E-state index is 13.0. The quantitative estimate of drug-likeness (QED) is 0.469.